The lowest BCUT2D eigenvalue weighted by Crippen LogP contribution is -2.26. The molecule has 0 bridgehead atoms. The second-order valence-corrected chi connectivity index (χ2v) is 9.37. The van der Waals surface area contributed by atoms with Gasteiger partial charge in [-0.2, -0.15) is 0 Å². The Labute approximate surface area is 198 Å². The van der Waals surface area contributed by atoms with Gasteiger partial charge in [0.25, 0.3) is 10.0 Å². The maximum atomic E-state index is 13.1. The van der Waals surface area contributed by atoms with Crippen LogP contribution in [0.15, 0.2) is 71.6 Å². The number of anilines is 1. The minimum absolute atomic E-state index is 0.00729. The number of benzene rings is 3. The van der Waals surface area contributed by atoms with Crippen molar-refractivity contribution in [3.05, 3.63) is 83.4 Å². The van der Waals surface area contributed by atoms with Crippen LogP contribution in [0.2, 0.25) is 0 Å². The monoisotopic (exact) mass is 483 g/mol. The number of aryl methyl sites for hydroxylation is 1. The van der Waals surface area contributed by atoms with Crippen LogP contribution in [-0.2, 0) is 14.8 Å². The number of ether oxygens (including phenoxy) is 3. The van der Waals surface area contributed by atoms with Crippen molar-refractivity contribution in [2.75, 3.05) is 32.2 Å². The second kappa shape index (κ2) is 10.4. The molecule has 0 atom stereocenters. The van der Waals surface area contributed by atoms with E-state index in [1.54, 1.807) is 24.3 Å². The Hall–Kier alpha value is -3.85. The number of hydrogen-bond donors (Lipinski definition) is 0. The molecule has 0 saturated heterocycles. The number of esters is 1. The molecule has 178 valence electrons. The van der Waals surface area contributed by atoms with Crippen molar-refractivity contribution in [3.8, 4) is 11.5 Å². The first-order valence-corrected chi connectivity index (χ1v) is 11.7. The number of carbonyl (C=O) groups is 2. The third-order valence-electron chi connectivity index (χ3n) is 5.17. The molecular weight excluding hydrogens is 458 g/mol. The van der Waals surface area contributed by atoms with E-state index >= 15 is 0 Å². The van der Waals surface area contributed by atoms with Gasteiger partial charge in [0.15, 0.2) is 6.61 Å². The number of rotatable bonds is 9. The first-order valence-electron chi connectivity index (χ1n) is 10.3. The lowest BCUT2D eigenvalue weighted by Gasteiger charge is -2.20. The highest BCUT2D eigenvalue weighted by atomic mass is 32.2. The summed E-state index contributed by atoms with van der Waals surface area (Å²) in [6, 6.07) is 17.2. The topological polar surface area (TPSA) is 99.2 Å². The first kappa shape index (κ1) is 24.8. The molecule has 0 amide bonds. The highest BCUT2D eigenvalue weighted by molar-refractivity contribution is 7.92. The van der Waals surface area contributed by atoms with E-state index in [0.717, 1.165) is 9.87 Å². The average Bonchev–Trinajstić information content (AvgIpc) is 2.86. The summed E-state index contributed by atoms with van der Waals surface area (Å²) in [5.74, 6) is -0.502. The molecule has 0 unspecified atom stereocenters. The lowest BCUT2D eigenvalue weighted by atomic mass is 10.1. The Bertz CT molecular complexity index is 1300. The van der Waals surface area contributed by atoms with Crippen LogP contribution < -0.4 is 13.8 Å². The molecule has 8 nitrogen and oxygen atoms in total. The van der Waals surface area contributed by atoms with Crippen molar-refractivity contribution in [1.29, 1.82) is 0 Å². The number of methoxy groups -OCH3 is 2. The van der Waals surface area contributed by atoms with E-state index in [2.05, 4.69) is 0 Å². The predicted molar refractivity (Wildman–Crippen MR) is 127 cm³/mol. The molecule has 0 saturated carbocycles. The van der Waals surface area contributed by atoms with Crippen LogP contribution in [0.5, 0.6) is 11.5 Å². The Morgan fingerprint density at radius 2 is 1.62 bits per heavy atom. The van der Waals surface area contributed by atoms with E-state index in [9.17, 15) is 18.0 Å². The van der Waals surface area contributed by atoms with E-state index in [1.165, 1.54) is 51.6 Å². The van der Waals surface area contributed by atoms with Gasteiger partial charge in [0.2, 0.25) is 5.78 Å². The Balaban J connectivity index is 1.75. The van der Waals surface area contributed by atoms with Crippen LogP contribution >= 0.6 is 0 Å². The summed E-state index contributed by atoms with van der Waals surface area (Å²) in [5.41, 5.74) is 1.72. The molecule has 0 aliphatic carbocycles. The van der Waals surface area contributed by atoms with Crippen molar-refractivity contribution in [2.24, 2.45) is 0 Å². The van der Waals surface area contributed by atoms with Crippen molar-refractivity contribution < 1.29 is 32.2 Å². The molecule has 0 aliphatic rings. The molecule has 0 heterocycles. The average molecular weight is 484 g/mol. The van der Waals surface area contributed by atoms with Crippen molar-refractivity contribution >= 4 is 27.5 Å². The molecule has 9 heteroatoms. The largest absolute Gasteiger partial charge is 0.497 e. The predicted octanol–water partition coefficient (Wildman–Crippen LogP) is 3.88. The summed E-state index contributed by atoms with van der Waals surface area (Å²) in [6.07, 6.45) is 0. The molecule has 0 aromatic heterocycles. The smallest absolute Gasteiger partial charge is 0.338 e. The van der Waals surface area contributed by atoms with Gasteiger partial charge >= 0.3 is 5.97 Å². The fraction of sp³-hybridized carbons (Fsp3) is 0.200. The Kier molecular flexibility index (Phi) is 7.57. The summed E-state index contributed by atoms with van der Waals surface area (Å²) in [4.78, 5) is 25.0. The van der Waals surface area contributed by atoms with E-state index in [4.69, 9.17) is 14.2 Å². The highest BCUT2D eigenvalue weighted by Crippen LogP contribution is 2.26. The fourth-order valence-electron chi connectivity index (χ4n) is 3.16. The Morgan fingerprint density at radius 1 is 0.912 bits per heavy atom. The van der Waals surface area contributed by atoms with Gasteiger partial charge in [0.05, 0.1) is 35.9 Å². The molecule has 0 N–H and O–H groups in total. The van der Waals surface area contributed by atoms with E-state index in [-0.39, 0.29) is 21.8 Å². The number of carbonyl (C=O) groups excluding carboxylic acids is 2. The molecule has 3 aromatic rings. The van der Waals surface area contributed by atoms with Gasteiger partial charge in [0.1, 0.15) is 11.5 Å². The van der Waals surface area contributed by atoms with Crippen LogP contribution in [0, 0.1) is 6.92 Å². The first-order chi connectivity index (χ1) is 16.2. The molecule has 3 rings (SSSR count). The van der Waals surface area contributed by atoms with Gasteiger partial charge in [0, 0.05) is 13.1 Å². The van der Waals surface area contributed by atoms with Crippen LogP contribution in [-0.4, -0.2) is 48.0 Å². The number of nitrogens with zero attached hydrogens (tertiary/aromatic N) is 1. The Morgan fingerprint density at radius 3 is 2.26 bits per heavy atom. The van der Waals surface area contributed by atoms with Crippen molar-refractivity contribution in [1.82, 2.24) is 0 Å². The molecule has 34 heavy (non-hydrogen) atoms. The van der Waals surface area contributed by atoms with Gasteiger partial charge in [-0.15, -0.1) is 0 Å². The molecule has 0 spiro atoms. The SMILES string of the molecule is COc1ccc(C(=O)COC(=O)c2cccc(S(=O)(=O)N(C)c3ccc(C)cc3)c2)c(OC)c1. The standard InChI is InChI=1S/C25H25NO7S/c1-17-8-10-19(11-9-17)26(2)34(29,30)21-7-5-6-18(14-21)25(28)33-16-23(27)22-13-12-20(31-3)15-24(22)32-4/h5-15H,16H2,1-4H3. The van der Waals surface area contributed by atoms with E-state index < -0.39 is 28.4 Å². The highest BCUT2D eigenvalue weighted by Gasteiger charge is 2.23. The van der Waals surface area contributed by atoms with Crippen molar-refractivity contribution in [3.63, 3.8) is 0 Å². The minimum Gasteiger partial charge on any atom is -0.497 e. The summed E-state index contributed by atoms with van der Waals surface area (Å²) >= 11 is 0. The number of hydrogen-bond acceptors (Lipinski definition) is 7. The maximum absolute atomic E-state index is 13.1. The van der Waals surface area contributed by atoms with Gasteiger partial charge in [-0.1, -0.05) is 23.8 Å². The van der Waals surface area contributed by atoms with Gasteiger partial charge in [-0.25, -0.2) is 13.2 Å². The quantitative estimate of drug-likeness (QED) is 0.336. The zero-order valence-corrected chi connectivity index (χ0v) is 20.1. The van der Waals surface area contributed by atoms with Gasteiger partial charge in [-0.3, -0.25) is 9.10 Å². The summed E-state index contributed by atoms with van der Waals surface area (Å²) < 4.78 is 42.7. The minimum atomic E-state index is -3.92. The summed E-state index contributed by atoms with van der Waals surface area (Å²) in [7, 11) is 0.421. The van der Waals surface area contributed by atoms with Gasteiger partial charge in [-0.05, 0) is 49.4 Å². The maximum Gasteiger partial charge on any atom is 0.338 e. The third-order valence-corrected chi connectivity index (χ3v) is 6.95. The molecule has 3 aromatic carbocycles. The molecule has 0 fully saturated rings. The number of sulfonamides is 1. The third kappa shape index (κ3) is 5.37. The van der Waals surface area contributed by atoms with E-state index in [0.29, 0.717) is 11.4 Å². The van der Waals surface area contributed by atoms with Gasteiger partial charge < -0.3 is 14.2 Å². The zero-order valence-electron chi connectivity index (χ0n) is 19.3. The lowest BCUT2D eigenvalue weighted by molar-refractivity contribution is 0.0473. The molecule has 0 aliphatic heterocycles. The normalized spacial score (nSPS) is 10.9. The molecular formula is C25H25NO7S. The van der Waals surface area contributed by atoms with Crippen molar-refractivity contribution in [2.45, 2.75) is 11.8 Å². The zero-order chi connectivity index (χ0) is 24.9. The number of ketones is 1. The van der Waals surface area contributed by atoms with Crippen LogP contribution in [0.3, 0.4) is 0 Å². The number of Topliss-reactive ketones (excluding diaryl/α,β-unsaturated/α-hetero) is 1. The molecule has 0 radical (unpaired) electrons. The summed E-state index contributed by atoms with van der Waals surface area (Å²) in [5, 5.41) is 0. The fourth-order valence-corrected chi connectivity index (χ4v) is 4.40. The second-order valence-electron chi connectivity index (χ2n) is 7.40. The van der Waals surface area contributed by atoms with Crippen LogP contribution in [0.25, 0.3) is 0 Å². The van der Waals surface area contributed by atoms with Crippen LogP contribution in [0.1, 0.15) is 26.3 Å². The van der Waals surface area contributed by atoms with E-state index in [1.807, 2.05) is 19.1 Å². The summed E-state index contributed by atoms with van der Waals surface area (Å²) in [6.45, 7) is 1.37. The van der Waals surface area contributed by atoms with Crippen LogP contribution in [0.4, 0.5) is 5.69 Å².